The maximum Gasteiger partial charge on any atom is 0.212 e. The monoisotopic (exact) mass is 208 g/mol. The van der Waals surface area contributed by atoms with Crippen molar-refractivity contribution in [1.82, 2.24) is 0 Å². The quantitative estimate of drug-likeness (QED) is 0.696. The molecule has 0 saturated heterocycles. The summed E-state index contributed by atoms with van der Waals surface area (Å²) in [7, 11) is 0. The highest BCUT2D eigenvalue weighted by Crippen LogP contribution is 2.23. The first-order chi connectivity index (χ1) is 6.38. The number of thiophene rings is 1. The SMILES string of the molecule is [O-][S+](c1ccccc1)c1cccs1. The summed E-state index contributed by atoms with van der Waals surface area (Å²) in [5, 5.41) is 1.94. The second-order valence-corrected chi connectivity index (χ2v) is 5.17. The molecule has 0 fully saturated rings. The van der Waals surface area contributed by atoms with Gasteiger partial charge in [0.05, 0.1) is 0 Å². The van der Waals surface area contributed by atoms with Crippen LogP contribution in [0.25, 0.3) is 0 Å². The van der Waals surface area contributed by atoms with Crippen LogP contribution in [-0.2, 0) is 11.2 Å². The van der Waals surface area contributed by atoms with Gasteiger partial charge >= 0.3 is 0 Å². The Labute approximate surface area is 84.2 Å². The van der Waals surface area contributed by atoms with Crippen molar-refractivity contribution in [3.05, 3.63) is 47.8 Å². The number of benzene rings is 1. The zero-order chi connectivity index (χ0) is 9.10. The minimum absolute atomic E-state index is 0.866. The van der Waals surface area contributed by atoms with Crippen molar-refractivity contribution in [3.8, 4) is 0 Å². The van der Waals surface area contributed by atoms with Crippen LogP contribution in [0.3, 0.4) is 0 Å². The Morgan fingerprint density at radius 3 is 2.38 bits per heavy atom. The lowest BCUT2D eigenvalue weighted by molar-refractivity contribution is 0.597. The average Bonchev–Trinajstić information content (AvgIpc) is 2.71. The molecule has 1 aromatic heterocycles. The first-order valence-electron chi connectivity index (χ1n) is 3.88. The van der Waals surface area contributed by atoms with Gasteiger partial charge in [-0.1, -0.05) is 29.5 Å². The van der Waals surface area contributed by atoms with Gasteiger partial charge in [-0.05, 0) is 23.6 Å². The van der Waals surface area contributed by atoms with E-state index in [0.29, 0.717) is 0 Å². The molecule has 0 aliphatic heterocycles. The summed E-state index contributed by atoms with van der Waals surface area (Å²) in [5.74, 6) is 0. The summed E-state index contributed by atoms with van der Waals surface area (Å²) in [4.78, 5) is 0.866. The fourth-order valence-corrected chi connectivity index (χ4v) is 3.12. The largest absolute Gasteiger partial charge is 0.606 e. The summed E-state index contributed by atoms with van der Waals surface area (Å²) in [6, 6.07) is 13.3. The molecule has 1 nitrogen and oxygen atoms in total. The zero-order valence-electron chi connectivity index (χ0n) is 6.84. The van der Waals surface area contributed by atoms with Crippen molar-refractivity contribution in [1.29, 1.82) is 0 Å². The standard InChI is InChI=1S/C10H8OS2/c11-13(10-7-4-8-12-10)9-5-2-1-3-6-9/h1-8H. The van der Waals surface area contributed by atoms with Gasteiger partial charge in [-0.2, -0.15) is 0 Å². The number of hydrogen-bond acceptors (Lipinski definition) is 2. The van der Waals surface area contributed by atoms with E-state index in [2.05, 4.69) is 0 Å². The lowest BCUT2D eigenvalue weighted by atomic mass is 10.4. The second-order valence-electron chi connectivity index (χ2n) is 2.51. The molecule has 0 amide bonds. The molecule has 3 heteroatoms. The van der Waals surface area contributed by atoms with Gasteiger partial charge in [0.1, 0.15) is 0 Å². The van der Waals surface area contributed by atoms with Crippen molar-refractivity contribution < 1.29 is 4.55 Å². The predicted molar refractivity (Wildman–Crippen MR) is 55.4 cm³/mol. The Morgan fingerprint density at radius 1 is 1.00 bits per heavy atom. The van der Waals surface area contributed by atoms with E-state index < -0.39 is 11.2 Å². The molecular formula is C10H8OS2. The molecule has 1 aromatic carbocycles. The summed E-state index contributed by atoms with van der Waals surface area (Å²) in [6.45, 7) is 0. The minimum atomic E-state index is -0.997. The Morgan fingerprint density at radius 2 is 1.77 bits per heavy atom. The molecule has 66 valence electrons. The summed E-state index contributed by atoms with van der Waals surface area (Å²) >= 11 is 0.529. The van der Waals surface area contributed by atoms with Crippen LogP contribution in [0.15, 0.2) is 56.9 Å². The molecule has 1 atom stereocenters. The lowest BCUT2D eigenvalue weighted by Gasteiger charge is -2.05. The second kappa shape index (κ2) is 3.96. The topological polar surface area (TPSA) is 23.1 Å². The summed E-state index contributed by atoms with van der Waals surface area (Å²) < 4.78 is 12.7. The van der Waals surface area contributed by atoms with Gasteiger partial charge in [-0.15, -0.1) is 0 Å². The first kappa shape index (κ1) is 8.81. The summed E-state index contributed by atoms with van der Waals surface area (Å²) in [5.41, 5.74) is 0. The number of hydrogen-bond donors (Lipinski definition) is 0. The Bertz CT molecular complexity index is 356. The molecular weight excluding hydrogens is 200 g/mol. The molecule has 0 aliphatic carbocycles. The van der Waals surface area contributed by atoms with Crippen molar-refractivity contribution >= 4 is 22.5 Å². The highest BCUT2D eigenvalue weighted by atomic mass is 32.2. The van der Waals surface area contributed by atoms with E-state index in [0.717, 1.165) is 9.10 Å². The van der Waals surface area contributed by atoms with Crippen LogP contribution < -0.4 is 0 Å². The van der Waals surface area contributed by atoms with Gasteiger partial charge in [0.25, 0.3) is 0 Å². The van der Waals surface area contributed by atoms with Gasteiger partial charge in [0.2, 0.25) is 4.21 Å². The van der Waals surface area contributed by atoms with E-state index in [1.54, 1.807) is 0 Å². The van der Waals surface area contributed by atoms with Gasteiger partial charge in [-0.3, -0.25) is 0 Å². The molecule has 0 bridgehead atoms. The van der Waals surface area contributed by atoms with Crippen molar-refractivity contribution in [2.45, 2.75) is 9.10 Å². The molecule has 1 heterocycles. The average molecular weight is 208 g/mol. The molecule has 0 N–H and O–H groups in total. The molecule has 0 radical (unpaired) electrons. The van der Waals surface area contributed by atoms with E-state index in [1.807, 2.05) is 47.8 Å². The third kappa shape index (κ3) is 1.94. The van der Waals surface area contributed by atoms with E-state index in [4.69, 9.17) is 0 Å². The fraction of sp³-hybridized carbons (Fsp3) is 0. The molecule has 0 spiro atoms. The van der Waals surface area contributed by atoms with Crippen LogP contribution in [0.5, 0.6) is 0 Å². The third-order valence-corrected chi connectivity index (χ3v) is 4.24. The number of rotatable bonds is 2. The van der Waals surface area contributed by atoms with Crippen LogP contribution in [-0.4, -0.2) is 4.55 Å². The maximum atomic E-state index is 11.8. The van der Waals surface area contributed by atoms with Crippen LogP contribution in [0.4, 0.5) is 0 Å². The Balaban J connectivity index is 2.29. The molecule has 0 aliphatic rings. The van der Waals surface area contributed by atoms with Crippen LogP contribution in [0.1, 0.15) is 0 Å². The zero-order valence-corrected chi connectivity index (χ0v) is 8.48. The first-order valence-corrected chi connectivity index (χ1v) is 5.91. The van der Waals surface area contributed by atoms with Crippen molar-refractivity contribution in [3.63, 3.8) is 0 Å². The van der Waals surface area contributed by atoms with E-state index in [-0.39, 0.29) is 0 Å². The highest BCUT2D eigenvalue weighted by molar-refractivity contribution is 7.93. The van der Waals surface area contributed by atoms with E-state index in [1.165, 1.54) is 11.3 Å². The van der Waals surface area contributed by atoms with Gasteiger partial charge in [0.15, 0.2) is 4.90 Å². The van der Waals surface area contributed by atoms with Gasteiger partial charge in [0, 0.05) is 17.2 Å². The third-order valence-electron chi connectivity index (χ3n) is 1.64. The van der Waals surface area contributed by atoms with Crippen molar-refractivity contribution in [2.24, 2.45) is 0 Å². The Kier molecular flexibility index (Phi) is 2.68. The van der Waals surface area contributed by atoms with Crippen LogP contribution in [0.2, 0.25) is 0 Å². The molecule has 0 saturated carbocycles. The highest BCUT2D eigenvalue weighted by Gasteiger charge is 2.14. The Hall–Kier alpha value is -0.770. The van der Waals surface area contributed by atoms with Crippen LogP contribution >= 0.6 is 11.3 Å². The van der Waals surface area contributed by atoms with Gasteiger partial charge < -0.3 is 4.55 Å². The molecule has 2 rings (SSSR count). The maximum absolute atomic E-state index is 11.8. The lowest BCUT2D eigenvalue weighted by Crippen LogP contribution is -1.98. The van der Waals surface area contributed by atoms with Crippen LogP contribution in [0, 0.1) is 0 Å². The smallest absolute Gasteiger partial charge is 0.212 e. The fourth-order valence-electron chi connectivity index (χ4n) is 1.03. The molecule has 2 aromatic rings. The molecule has 13 heavy (non-hydrogen) atoms. The minimum Gasteiger partial charge on any atom is -0.606 e. The van der Waals surface area contributed by atoms with Crippen molar-refractivity contribution in [2.75, 3.05) is 0 Å². The van der Waals surface area contributed by atoms with Gasteiger partial charge in [-0.25, -0.2) is 0 Å². The van der Waals surface area contributed by atoms with E-state index >= 15 is 0 Å². The normalized spacial score (nSPS) is 12.7. The van der Waals surface area contributed by atoms with E-state index in [9.17, 15) is 4.55 Å². The molecule has 1 unspecified atom stereocenters. The predicted octanol–water partition coefficient (Wildman–Crippen LogP) is 2.91. The summed E-state index contributed by atoms with van der Waals surface area (Å²) in [6.07, 6.45) is 0.